The number of halogens is 3. The van der Waals surface area contributed by atoms with Gasteiger partial charge in [0.05, 0.1) is 16.1 Å². The van der Waals surface area contributed by atoms with Crippen LogP contribution in [0.3, 0.4) is 0 Å². The van der Waals surface area contributed by atoms with Crippen LogP contribution in [0.5, 0.6) is 0 Å². The van der Waals surface area contributed by atoms with Crippen molar-refractivity contribution >= 4 is 21.7 Å². The molecule has 1 atom stereocenters. The Kier molecular flexibility index (Phi) is 7.79. The van der Waals surface area contributed by atoms with Crippen LogP contribution in [-0.2, 0) is 21.0 Å². The molecule has 4 rings (SSSR count). The third kappa shape index (κ3) is 6.08. The van der Waals surface area contributed by atoms with Gasteiger partial charge in [0, 0.05) is 38.2 Å². The number of nitrogens with one attached hydrogen (secondary N) is 1. The van der Waals surface area contributed by atoms with Crippen molar-refractivity contribution in [1.82, 2.24) is 19.4 Å². The molecule has 1 aliphatic rings. The smallest absolute Gasteiger partial charge is 0.352 e. The molecule has 1 N–H and O–H groups in total. The molecular formula is C25H25F3N4O4S. The molecule has 8 nitrogen and oxygen atoms in total. The molecule has 196 valence electrons. The number of rotatable bonds is 9. The highest BCUT2D eigenvalue weighted by molar-refractivity contribution is 7.89. The van der Waals surface area contributed by atoms with Crippen molar-refractivity contribution in [3.05, 3.63) is 78.1 Å². The lowest BCUT2D eigenvalue weighted by Gasteiger charge is -2.16. The number of amides is 1. The van der Waals surface area contributed by atoms with Gasteiger partial charge >= 0.3 is 6.18 Å². The third-order valence-corrected chi connectivity index (χ3v) is 8.00. The number of carbonyl (C=O) groups is 2. The Hall–Kier alpha value is -3.51. The second-order valence-electron chi connectivity index (χ2n) is 8.66. The van der Waals surface area contributed by atoms with Crippen LogP contribution in [0.1, 0.15) is 35.3 Å². The number of hydrogen-bond donors (Lipinski definition) is 1. The topological polar surface area (TPSA) is 101 Å². The van der Waals surface area contributed by atoms with Crippen molar-refractivity contribution in [3.63, 3.8) is 0 Å². The van der Waals surface area contributed by atoms with Crippen molar-refractivity contribution in [1.29, 1.82) is 0 Å². The zero-order valence-electron chi connectivity index (χ0n) is 19.7. The first kappa shape index (κ1) is 26.6. The highest BCUT2D eigenvalue weighted by Crippen LogP contribution is 2.31. The molecule has 1 saturated heterocycles. The van der Waals surface area contributed by atoms with Crippen LogP contribution >= 0.6 is 0 Å². The molecule has 2 aromatic carbocycles. The number of alkyl halides is 3. The molecule has 0 aliphatic carbocycles. The van der Waals surface area contributed by atoms with E-state index in [-0.39, 0.29) is 43.2 Å². The van der Waals surface area contributed by atoms with Gasteiger partial charge in [0.25, 0.3) is 5.91 Å². The summed E-state index contributed by atoms with van der Waals surface area (Å²) in [6, 6.07) is 16.1. The normalized spacial score (nSPS) is 16.6. The summed E-state index contributed by atoms with van der Waals surface area (Å²) in [4.78, 5) is 25.3. The molecule has 0 bridgehead atoms. The van der Waals surface area contributed by atoms with E-state index in [0.29, 0.717) is 12.1 Å². The Morgan fingerprint density at radius 1 is 1.03 bits per heavy atom. The predicted octanol–water partition coefficient (Wildman–Crippen LogP) is 3.68. The average molecular weight is 535 g/mol. The van der Waals surface area contributed by atoms with Gasteiger partial charge in [0.2, 0.25) is 10.0 Å². The molecule has 1 fully saturated rings. The van der Waals surface area contributed by atoms with Crippen LogP contribution in [-0.4, -0.2) is 53.8 Å². The standard InChI is InChI=1S/C25H25F3N4O4S/c26-25(27,28)23-21(17-32(30-23)19-8-3-1-4-9-19)24(34)29-14-7-12-22(33)18-13-15-31(16-18)37(35,36)20-10-5-2-6-11-20/h1-6,8-11,17-18H,7,12-16H2,(H,29,34). The second-order valence-corrected chi connectivity index (χ2v) is 10.6. The van der Waals surface area contributed by atoms with Crippen LogP contribution in [0.2, 0.25) is 0 Å². The summed E-state index contributed by atoms with van der Waals surface area (Å²) in [7, 11) is -3.68. The third-order valence-electron chi connectivity index (χ3n) is 6.12. The van der Waals surface area contributed by atoms with Gasteiger partial charge in [0.15, 0.2) is 5.69 Å². The van der Waals surface area contributed by atoms with Crippen molar-refractivity contribution in [2.75, 3.05) is 19.6 Å². The highest BCUT2D eigenvalue weighted by atomic mass is 32.2. The molecule has 12 heteroatoms. The lowest BCUT2D eigenvalue weighted by atomic mass is 10.00. The predicted molar refractivity (Wildman–Crippen MR) is 128 cm³/mol. The minimum absolute atomic E-state index is 0.0167. The Morgan fingerprint density at radius 3 is 2.32 bits per heavy atom. The van der Waals surface area contributed by atoms with Crippen molar-refractivity contribution in [3.8, 4) is 5.69 Å². The Labute approximate surface area is 212 Å². The van der Waals surface area contributed by atoms with E-state index in [9.17, 15) is 31.2 Å². The van der Waals surface area contributed by atoms with Gasteiger partial charge < -0.3 is 5.32 Å². The van der Waals surface area contributed by atoms with Crippen LogP contribution in [0.25, 0.3) is 5.69 Å². The van der Waals surface area contributed by atoms with Gasteiger partial charge in [0.1, 0.15) is 5.78 Å². The number of benzene rings is 2. The van der Waals surface area contributed by atoms with E-state index in [0.717, 1.165) is 10.9 Å². The molecule has 1 aromatic heterocycles. The summed E-state index contributed by atoms with van der Waals surface area (Å²) >= 11 is 0. The summed E-state index contributed by atoms with van der Waals surface area (Å²) < 4.78 is 68.2. The summed E-state index contributed by atoms with van der Waals surface area (Å²) in [5.41, 5.74) is -1.53. The van der Waals surface area contributed by atoms with Gasteiger partial charge in [-0.1, -0.05) is 36.4 Å². The van der Waals surface area contributed by atoms with Gasteiger partial charge in [-0.15, -0.1) is 0 Å². The number of ketones is 1. The monoisotopic (exact) mass is 534 g/mol. The maximum Gasteiger partial charge on any atom is 0.435 e. The minimum Gasteiger partial charge on any atom is -0.352 e. The first-order chi connectivity index (χ1) is 17.6. The molecule has 1 unspecified atom stereocenters. The van der Waals surface area contributed by atoms with Crippen molar-refractivity contribution in [2.24, 2.45) is 5.92 Å². The Morgan fingerprint density at radius 2 is 1.68 bits per heavy atom. The maximum absolute atomic E-state index is 13.5. The van der Waals surface area contributed by atoms with E-state index >= 15 is 0 Å². The summed E-state index contributed by atoms with van der Waals surface area (Å²) in [5.74, 6) is -1.55. The number of carbonyl (C=O) groups excluding carboxylic acids is 2. The number of sulfonamides is 1. The molecule has 0 saturated carbocycles. The van der Waals surface area contributed by atoms with Gasteiger partial charge in [-0.25, -0.2) is 13.1 Å². The molecule has 3 aromatic rings. The first-order valence-corrected chi connectivity index (χ1v) is 13.1. The van der Waals surface area contributed by atoms with Crippen molar-refractivity contribution < 1.29 is 31.2 Å². The van der Waals surface area contributed by atoms with Gasteiger partial charge in [-0.3, -0.25) is 9.59 Å². The zero-order valence-corrected chi connectivity index (χ0v) is 20.5. The van der Waals surface area contributed by atoms with Gasteiger partial charge in [-0.05, 0) is 37.1 Å². The fraction of sp³-hybridized carbons (Fsp3) is 0.320. The van der Waals surface area contributed by atoms with Crippen LogP contribution in [0, 0.1) is 5.92 Å². The lowest BCUT2D eigenvalue weighted by molar-refractivity contribution is -0.141. The van der Waals surface area contributed by atoms with Crippen LogP contribution in [0.4, 0.5) is 13.2 Å². The lowest BCUT2D eigenvalue weighted by Crippen LogP contribution is -2.30. The van der Waals surface area contributed by atoms with E-state index in [4.69, 9.17) is 0 Å². The SMILES string of the molecule is O=C(NCCCC(=O)C1CCN(S(=O)(=O)c2ccccc2)C1)c1cn(-c2ccccc2)nc1C(F)(F)F. The highest BCUT2D eigenvalue weighted by Gasteiger charge is 2.39. The minimum atomic E-state index is -4.82. The van der Waals surface area contributed by atoms with Crippen molar-refractivity contribution in [2.45, 2.75) is 30.3 Å². The molecule has 1 aliphatic heterocycles. The second kappa shape index (κ2) is 10.9. The van der Waals surface area contributed by atoms with E-state index in [1.165, 1.54) is 16.4 Å². The van der Waals surface area contributed by atoms with Gasteiger partial charge in [-0.2, -0.15) is 22.6 Å². The van der Waals surface area contributed by atoms with Crippen LogP contribution < -0.4 is 5.32 Å². The number of aromatic nitrogens is 2. The fourth-order valence-electron chi connectivity index (χ4n) is 4.18. The Bertz CT molecular complexity index is 1360. The maximum atomic E-state index is 13.5. The Balaban J connectivity index is 1.31. The van der Waals surface area contributed by atoms with Crippen LogP contribution in [0.15, 0.2) is 71.8 Å². The van der Waals surface area contributed by atoms with E-state index in [1.54, 1.807) is 48.5 Å². The fourth-order valence-corrected chi connectivity index (χ4v) is 5.70. The van der Waals surface area contributed by atoms with E-state index in [2.05, 4.69) is 10.4 Å². The molecule has 2 heterocycles. The molecule has 1 amide bonds. The molecular weight excluding hydrogens is 509 g/mol. The molecule has 37 heavy (non-hydrogen) atoms. The average Bonchev–Trinajstić information content (AvgIpc) is 3.56. The number of Topliss-reactive ketones (excluding diaryl/α,β-unsaturated/α-hetero) is 1. The molecule has 0 radical (unpaired) electrons. The largest absolute Gasteiger partial charge is 0.435 e. The number of nitrogens with zero attached hydrogens (tertiary/aromatic N) is 3. The first-order valence-electron chi connectivity index (χ1n) is 11.7. The number of para-hydroxylation sites is 1. The quantitative estimate of drug-likeness (QED) is 0.422. The van der Waals surface area contributed by atoms with E-state index in [1.807, 2.05) is 0 Å². The summed E-state index contributed by atoms with van der Waals surface area (Å²) in [6.45, 7) is 0.295. The number of hydrogen-bond acceptors (Lipinski definition) is 5. The molecule has 0 spiro atoms. The summed E-state index contributed by atoms with van der Waals surface area (Å²) in [5, 5.41) is 5.98. The zero-order chi connectivity index (χ0) is 26.6. The van der Waals surface area contributed by atoms with E-state index < -0.39 is 39.3 Å². The summed E-state index contributed by atoms with van der Waals surface area (Å²) in [6.07, 6.45) is -3.12.